The number of sulfonamides is 1. The maximum atomic E-state index is 11.8. The molecule has 2 aliphatic rings. The highest BCUT2D eigenvalue weighted by atomic mass is 32.2. The number of hydrogen-bond donors (Lipinski definition) is 0. The summed E-state index contributed by atoms with van der Waals surface area (Å²) < 4.78 is 36.9. The molecule has 0 bridgehead atoms. The zero-order valence-corrected chi connectivity index (χ0v) is 23.0. The van der Waals surface area contributed by atoms with Crippen molar-refractivity contribution in [1.29, 1.82) is 0 Å². The number of aryl methyl sites for hydroxylation is 1. The van der Waals surface area contributed by atoms with E-state index in [4.69, 9.17) is 9.47 Å². The fourth-order valence-electron chi connectivity index (χ4n) is 4.73. The lowest BCUT2D eigenvalue weighted by atomic mass is 10.1. The summed E-state index contributed by atoms with van der Waals surface area (Å²) in [6.07, 6.45) is 12.1. The molecular weight excluding hydrogens is 490 g/mol. The fraction of sp³-hybridized carbons (Fsp3) is 0.556. The van der Waals surface area contributed by atoms with Crippen molar-refractivity contribution in [3.8, 4) is 5.75 Å². The van der Waals surface area contributed by atoms with Gasteiger partial charge in [0.15, 0.2) is 0 Å². The second kappa shape index (κ2) is 12.8. The first kappa shape index (κ1) is 27.5. The van der Waals surface area contributed by atoms with Crippen molar-refractivity contribution in [3.05, 3.63) is 53.4 Å². The van der Waals surface area contributed by atoms with Crippen LogP contribution in [0.1, 0.15) is 36.5 Å². The molecule has 2 fully saturated rings. The molecule has 4 rings (SSSR count). The molecule has 0 N–H and O–H groups in total. The van der Waals surface area contributed by atoms with Crippen molar-refractivity contribution in [2.75, 3.05) is 64.1 Å². The molecule has 2 saturated heterocycles. The van der Waals surface area contributed by atoms with Gasteiger partial charge in [-0.15, -0.1) is 0 Å². The van der Waals surface area contributed by atoms with Crippen LogP contribution in [0.5, 0.6) is 5.75 Å². The number of piperazine rings is 1. The van der Waals surface area contributed by atoms with Crippen LogP contribution in [0, 0.1) is 0 Å². The first-order valence-electron chi connectivity index (χ1n) is 13.0. The van der Waals surface area contributed by atoms with Gasteiger partial charge in [0.1, 0.15) is 11.9 Å². The van der Waals surface area contributed by atoms with Gasteiger partial charge in [-0.05, 0) is 29.7 Å². The lowest BCUT2D eigenvalue weighted by Crippen LogP contribution is -2.47. The maximum absolute atomic E-state index is 11.8. The molecule has 0 spiro atoms. The topological polar surface area (TPSA) is 88.1 Å². The molecular formula is C27H39N5O4S. The van der Waals surface area contributed by atoms with E-state index >= 15 is 0 Å². The molecule has 0 radical (unpaired) electrons. The zero-order chi connectivity index (χ0) is 26.3. The number of hydrogen-bond acceptors (Lipinski definition) is 8. The summed E-state index contributed by atoms with van der Waals surface area (Å²) >= 11 is 0. The highest BCUT2D eigenvalue weighted by Gasteiger charge is 2.25. The van der Waals surface area contributed by atoms with Gasteiger partial charge in [-0.3, -0.25) is 4.90 Å². The summed E-state index contributed by atoms with van der Waals surface area (Å²) in [6.45, 7) is 7.66. The van der Waals surface area contributed by atoms with Crippen molar-refractivity contribution in [3.63, 3.8) is 0 Å². The lowest BCUT2D eigenvalue weighted by Gasteiger charge is -2.33. The van der Waals surface area contributed by atoms with Crippen LogP contribution in [0.2, 0.25) is 0 Å². The molecule has 0 atom stereocenters. The van der Waals surface area contributed by atoms with Crippen molar-refractivity contribution in [2.24, 2.45) is 0 Å². The van der Waals surface area contributed by atoms with E-state index in [1.54, 1.807) is 11.4 Å². The van der Waals surface area contributed by atoms with Crippen LogP contribution < -0.4 is 9.64 Å². The third kappa shape index (κ3) is 7.73. The highest BCUT2D eigenvalue weighted by molar-refractivity contribution is 7.88. The Balaban J connectivity index is 1.37. The standard InChI is InChI=1S/C27H39N5O4S/c1-4-22-19-28-27(29-20-22)31-11-9-25(10-12-31)36-26-8-7-23(18-24(26)6-5-17-35-2)21-30-13-15-32(16-14-30)37(3,33)34/h5-8,18-20,25H,4,9-17,21H2,1-3H3/b6-5+. The van der Waals surface area contributed by atoms with E-state index in [9.17, 15) is 8.42 Å². The Morgan fingerprint density at radius 3 is 2.35 bits per heavy atom. The lowest BCUT2D eigenvalue weighted by molar-refractivity contribution is 0.169. The van der Waals surface area contributed by atoms with Crippen molar-refractivity contribution in [1.82, 2.24) is 19.2 Å². The van der Waals surface area contributed by atoms with Crippen molar-refractivity contribution < 1.29 is 17.9 Å². The second-order valence-electron chi connectivity index (χ2n) is 9.72. The molecule has 2 aliphatic heterocycles. The van der Waals surface area contributed by atoms with Gasteiger partial charge in [-0.25, -0.2) is 18.4 Å². The van der Waals surface area contributed by atoms with Gasteiger partial charge in [0, 0.05) is 83.7 Å². The number of methoxy groups -OCH3 is 1. The molecule has 0 saturated carbocycles. The van der Waals surface area contributed by atoms with Gasteiger partial charge in [0.05, 0.1) is 12.9 Å². The summed E-state index contributed by atoms with van der Waals surface area (Å²) in [6, 6.07) is 6.35. The summed E-state index contributed by atoms with van der Waals surface area (Å²) in [4.78, 5) is 13.6. The molecule has 37 heavy (non-hydrogen) atoms. The van der Waals surface area contributed by atoms with Gasteiger partial charge in [0.25, 0.3) is 0 Å². The Hall–Kier alpha value is -2.53. The summed E-state index contributed by atoms with van der Waals surface area (Å²) in [5.41, 5.74) is 3.36. The quantitative estimate of drug-likeness (QED) is 0.464. The van der Waals surface area contributed by atoms with Gasteiger partial charge in [0.2, 0.25) is 16.0 Å². The van der Waals surface area contributed by atoms with Gasteiger partial charge in [-0.1, -0.05) is 25.1 Å². The number of ether oxygens (including phenoxy) is 2. The normalized spacial score (nSPS) is 18.5. The molecule has 1 aromatic heterocycles. The molecule has 10 heteroatoms. The van der Waals surface area contributed by atoms with Crippen LogP contribution >= 0.6 is 0 Å². The van der Waals surface area contributed by atoms with Crippen LogP contribution in [0.15, 0.2) is 36.7 Å². The summed E-state index contributed by atoms with van der Waals surface area (Å²) in [5.74, 6) is 1.67. The van der Waals surface area contributed by atoms with E-state index in [0.717, 1.165) is 74.8 Å². The summed E-state index contributed by atoms with van der Waals surface area (Å²) in [7, 11) is -1.44. The van der Waals surface area contributed by atoms with E-state index in [1.165, 1.54) is 11.8 Å². The largest absolute Gasteiger partial charge is 0.490 e. The third-order valence-corrected chi connectivity index (χ3v) is 8.26. The van der Waals surface area contributed by atoms with E-state index < -0.39 is 10.0 Å². The number of rotatable bonds is 10. The molecule has 2 aromatic rings. The van der Waals surface area contributed by atoms with Crippen LogP contribution in [0.25, 0.3) is 6.08 Å². The highest BCUT2D eigenvalue weighted by Crippen LogP contribution is 2.27. The molecule has 0 aliphatic carbocycles. The smallest absolute Gasteiger partial charge is 0.225 e. The maximum Gasteiger partial charge on any atom is 0.225 e. The van der Waals surface area contributed by atoms with Crippen molar-refractivity contribution in [2.45, 2.75) is 38.8 Å². The van der Waals surface area contributed by atoms with Crippen LogP contribution in [0.3, 0.4) is 0 Å². The molecule has 3 heterocycles. The van der Waals surface area contributed by atoms with E-state index in [2.05, 4.69) is 51.0 Å². The molecule has 1 aromatic carbocycles. The third-order valence-electron chi connectivity index (χ3n) is 6.96. The molecule has 0 amide bonds. The van der Waals surface area contributed by atoms with Crippen LogP contribution in [-0.4, -0.2) is 92.9 Å². The zero-order valence-electron chi connectivity index (χ0n) is 22.2. The summed E-state index contributed by atoms with van der Waals surface area (Å²) in [5, 5.41) is 0. The Morgan fingerprint density at radius 1 is 1.03 bits per heavy atom. The Kier molecular flexibility index (Phi) is 9.53. The minimum atomic E-state index is -3.12. The number of piperidine rings is 1. The van der Waals surface area contributed by atoms with Gasteiger partial charge in [-0.2, -0.15) is 4.31 Å². The average Bonchev–Trinajstić information content (AvgIpc) is 2.90. The molecule has 9 nitrogen and oxygen atoms in total. The molecule has 0 unspecified atom stereocenters. The van der Waals surface area contributed by atoms with Crippen LogP contribution in [-0.2, 0) is 27.7 Å². The first-order valence-corrected chi connectivity index (χ1v) is 14.9. The van der Waals surface area contributed by atoms with Gasteiger partial charge < -0.3 is 14.4 Å². The predicted octanol–water partition coefficient (Wildman–Crippen LogP) is 2.82. The number of nitrogens with zero attached hydrogens (tertiary/aromatic N) is 5. The predicted molar refractivity (Wildman–Crippen MR) is 146 cm³/mol. The van der Waals surface area contributed by atoms with E-state index in [1.807, 2.05) is 18.5 Å². The minimum Gasteiger partial charge on any atom is -0.490 e. The minimum absolute atomic E-state index is 0.135. The SMILES string of the molecule is CCc1cnc(N2CCC(Oc3ccc(CN4CCN(S(C)(=O)=O)CC4)cc3/C=C/COC)CC2)nc1. The van der Waals surface area contributed by atoms with Crippen LogP contribution in [0.4, 0.5) is 5.95 Å². The average molecular weight is 530 g/mol. The Bertz CT molecular complexity index is 1140. The van der Waals surface area contributed by atoms with Gasteiger partial charge >= 0.3 is 0 Å². The second-order valence-corrected chi connectivity index (χ2v) is 11.7. The van der Waals surface area contributed by atoms with Crippen molar-refractivity contribution >= 4 is 22.0 Å². The number of anilines is 1. The molecule has 202 valence electrons. The monoisotopic (exact) mass is 529 g/mol. The van der Waals surface area contributed by atoms with E-state index in [-0.39, 0.29) is 6.10 Å². The number of aromatic nitrogens is 2. The fourth-order valence-corrected chi connectivity index (χ4v) is 5.56. The van der Waals surface area contributed by atoms with E-state index in [0.29, 0.717) is 19.7 Å². The Morgan fingerprint density at radius 2 is 1.73 bits per heavy atom. The first-order chi connectivity index (χ1) is 17.9. The Labute approximate surface area is 221 Å². The number of benzene rings is 1.